The van der Waals surface area contributed by atoms with Crippen LogP contribution in [0.25, 0.3) is 0 Å². The summed E-state index contributed by atoms with van der Waals surface area (Å²) in [5.74, 6) is 0.402. The van der Waals surface area contributed by atoms with Crippen LogP contribution in [0.15, 0.2) is 84.9 Å². The molecule has 0 heterocycles. The fourth-order valence-electron chi connectivity index (χ4n) is 2.30. The van der Waals surface area contributed by atoms with E-state index in [1.807, 2.05) is 60.7 Å². The van der Waals surface area contributed by atoms with Crippen molar-refractivity contribution in [3.8, 4) is 5.75 Å². The minimum atomic E-state index is -0.294. The van der Waals surface area contributed by atoms with E-state index < -0.39 is 0 Å². The molecule has 6 heteroatoms. The van der Waals surface area contributed by atoms with Gasteiger partial charge in [-0.2, -0.15) is 0 Å². The largest absolute Gasteiger partial charge is 0.489 e. The van der Waals surface area contributed by atoms with Crippen molar-refractivity contribution >= 4 is 28.9 Å². The molecule has 27 heavy (non-hydrogen) atoms. The molecule has 0 radical (unpaired) electrons. The molecular weight excluding hydrogens is 358 g/mol. The number of anilines is 1. The van der Waals surface area contributed by atoms with Gasteiger partial charge in [-0.05, 0) is 54.2 Å². The number of hydrogen-bond donors (Lipinski definition) is 3. The Hall–Kier alpha value is -3.38. The van der Waals surface area contributed by atoms with Gasteiger partial charge in [0, 0.05) is 5.56 Å². The second-order valence-corrected chi connectivity index (χ2v) is 6.11. The molecule has 0 aliphatic carbocycles. The van der Waals surface area contributed by atoms with Crippen LogP contribution in [0.2, 0.25) is 0 Å². The molecule has 3 aromatic rings. The zero-order valence-electron chi connectivity index (χ0n) is 14.5. The molecule has 0 saturated heterocycles. The third-order valence-electron chi connectivity index (χ3n) is 3.69. The van der Waals surface area contributed by atoms with Gasteiger partial charge in [0.1, 0.15) is 12.4 Å². The van der Waals surface area contributed by atoms with Crippen molar-refractivity contribution in [2.75, 3.05) is 5.43 Å². The van der Waals surface area contributed by atoms with Gasteiger partial charge in [0.15, 0.2) is 5.11 Å². The lowest BCUT2D eigenvalue weighted by Crippen LogP contribution is -2.41. The number of rotatable bonds is 6. The summed E-state index contributed by atoms with van der Waals surface area (Å²) in [5, 5.41) is 2.81. The number of benzene rings is 3. The van der Waals surface area contributed by atoms with Gasteiger partial charge in [-0.15, -0.1) is 0 Å². The van der Waals surface area contributed by atoms with Crippen molar-refractivity contribution in [1.82, 2.24) is 10.7 Å². The minimum Gasteiger partial charge on any atom is -0.489 e. The fraction of sp³-hybridized carbons (Fsp3) is 0.0476. The number of ether oxygens (including phenoxy) is 1. The third kappa shape index (κ3) is 5.83. The van der Waals surface area contributed by atoms with Gasteiger partial charge >= 0.3 is 0 Å². The molecule has 3 rings (SSSR count). The lowest BCUT2D eigenvalue weighted by molar-refractivity contribution is 0.0977. The first-order valence-corrected chi connectivity index (χ1v) is 8.81. The lowest BCUT2D eigenvalue weighted by Gasteiger charge is -2.12. The number of nitrogens with one attached hydrogen (secondary N) is 3. The maximum atomic E-state index is 12.2. The van der Waals surface area contributed by atoms with Gasteiger partial charge in [0.2, 0.25) is 0 Å². The molecule has 0 bridgehead atoms. The highest BCUT2D eigenvalue weighted by molar-refractivity contribution is 7.80. The van der Waals surface area contributed by atoms with E-state index in [9.17, 15) is 4.79 Å². The monoisotopic (exact) mass is 377 g/mol. The van der Waals surface area contributed by atoms with E-state index in [0.29, 0.717) is 17.9 Å². The van der Waals surface area contributed by atoms with Gasteiger partial charge in [-0.25, -0.2) is 0 Å². The number of amides is 1. The van der Waals surface area contributed by atoms with Crippen LogP contribution in [-0.2, 0) is 6.61 Å². The number of hydrazine groups is 1. The summed E-state index contributed by atoms with van der Waals surface area (Å²) in [5.41, 5.74) is 8.11. The van der Waals surface area contributed by atoms with Crippen LogP contribution in [-0.4, -0.2) is 11.0 Å². The first kappa shape index (κ1) is 18.4. The molecule has 0 saturated carbocycles. The highest BCUT2D eigenvalue weighted by atomic mass is 32.1. The van der Waals surface area contributed by atoms with Crippen LogP contribution in [0.4, 0.5) is 5.69 Å². The zero-order valence-corrected chi connectivity index (χ0v) is 15.3. The Labute approximate surface area is 163 Å². The topological polar surface area (TPSA) is 62.4 Å². The van der Waals surface area contributed by atoms with E-state index >= 15 is 0 Å². The Balaban J connectivity index is 1.47. The highest BCUT2D eigenvalue weighted by Gasteiger charge is 2.08. The standard InChI is InChI=1S/C21H19N3O2S/c25-20(22-21(27)24-23-18-9-5-2-6-10-18)17-11-13-19(14-12-17)26-15-16-7-3-1-4-8-16/h1-14,23H,15H2,(H2,22,24,25,27). The molecule has 1 amide bonds. The van der Waals surface area contributed by atoms with Crippen LogP contribution in [0.1, 0.15) is 15.9 Å². The molecule has 136 valence electrons. The third-order valence-corrected chi connectivity index (χ3v) is 3.89. The Kier molecular flexibility index (Phi) is 6.38. The maximum Gasteiger partial charge on any atom is 0.257 e. The van der Waals surface area contributed by atoms with Crippen LogP contribution < -0.4 is 20.9 Å². The predicted octanol–water partition coefficient (Wildman–Crippen LogP) is 3.90. The van der Waals surface area contributed by atoms with E-state index in [-0.39, 0.29) is 11.0 Å². The van der Waals surface area contributed by atoms with Crippen LogP contribution in [0, 0.1) is 0 Å². The predicted molar refractivity (Wildman–Crippen MR) is 110 cm³/mol. The van der Waals surface area contributed by atoms with Gasteiger partial charge < -0.3 is 4.74 Å². The van der Waals surface area contributed by atoms with E-state index in [4.69, 9.17) is 17.0 Å². The van der Waals surface area contributed by atoms with Crippen molar-refractivity contribution < 1.29 is 9.53 Å². The smallest absolute Gasteiger partial charge is 0.257 e. The molecule has 0 aliphatic rings. The summed E-state index contributed by atoms with van der Waals surface area (Å²) >= 11 is 5.12. The van der Waals surface area contributed by atoms with Crippen molar-refractivity contribution in [2.45, 2.75) is 6.61 Å². The van der Waals surface area contributed by atoms with Gasteiger partial charge in [0.05, 0.1) is 5.69 Å². The van der Waals surface area contributed by atoms with Crippen molar-refractivity contribution in [3.63, 3.8) is 0 Å². The van der Waals surface area contributed by atoms with E-state index in [0.717, 1.165) is 11.3 Å². The number of para-hydroxylation sites is 1. The first-order chi connectivity index (χ1) is 13.2. The van der Waals surface area contributed by atoms with Crippen LogP contribution >= 0.6 is 12.2 Å². The minimum absolute atomic E-state index is 0.188. The molecule has 3 N–H and O–H groups in total. The molecule has 0 unspecified atom stereocenters. The summed E-state index contributed by atoms with van der Waals surface area (Å²) in [6.45, 7) is 0.478. The maximum absolute atomic E-state index is 12.2. The van der Waals surface area contributed by atoms with E-state index in [1.165, 1.54) is 0 Å². The second-order valence-electron chi connectivity index (χ2n) is 5.70. The lowest BCUT2D eigenvalue weighted by atomic mass is 10.2. The Bertz CT molecular complexity index is 884. The van der Waals surface area contributed by atoms with Gasteiger partial charge in [0.25, 0.3) is 5.91 Å². The number of carbonyl (C=O) groups excluding carboxylic acids is 1. The molecule has 5 nitrogen and oxygen atoms in total. The SMILES string of the molecule is O=C(NC(=S)NNc1ccccc1)c1ccc(OCc2ccccc2)cc1. The molecule has 3 aromatic carbocycles. The molecule has 0 aliphatic heterocycles. The van der Waals surface area contributed by atoms with E-state index in [1.54, 1.807) is 24.3 Å². The van der Waals surface area contributed by atoms with Crippen LogP contribution in [0.5, 0.6) is 5.75 Å². The Morgan fingerprint density at radius 3 is 2.15 bits per heavy atom. The molecule has 0 spiro atoms. The van der Waals surface area contributed by atoms with Gasteiger partial charge in [-0.3, -0.25) is 21.0 Å². The summed E-state index contributed by atoms with van der Waals surface area (Å²) < 4.78 is 5.72. The fourth-order valence-corrected chi connectivity index (χ4v) is 2.44. The van der Waals surface area contributed by atoms with Gasteiger partial charge in [-0.1, -0.05) is 48.5 Å². The quantitative estimate of drug-likeness (QED) is 0.449. The van der Waals surface area contributed by atoms with Crippen molar-refractivity contribution in [1.29, 1.82) is 0 Å². The van der Waals surface area contributed by atoms with Crippen LogP contribution in [0.3, 0.4) is 0 Å². The molecule has 0 aromatic heterocycles. The average molecular weight is 377 g/mol. The number of carbonyl (C=O) groups is 1. The Morgan fingerprint density at radius 2 is 1.48 bits per heavy atom. The molecule has 0 atom stereocenters. The normalized spacial score (nSPS) is 9.93. The van der Waals surface area contributed by atoms with Crippen molar-refractivity contribution in [2.24, 2.45) is 0 Å². The molecule has 0 fully saturated rings. The van der Waals surface area contributed by atoms with E-state index in [2.05, 4.69) is 16.2 Å². The first-order valence-electron chi connectivity index (χ1n) is 8.40. The zero-order chi connectivity index (χ0) is 18.9. The van der Waals surface area contributed by atoms with Crippen molar-refractivity contribution in [3.05, 3.63) is 96.1 Å². The summed E-state index contributed by atoms with van der Waals surface area (Å²) in [7, 11) is 0. The average Bonchev–Trinajstić information content (AvgIpc) is 2.72. The Morgan fingerprint density at radius 1 is 0.852 bits per heavy atom. The summed E-state index contributed by atoms with van der Waals surface area (Å²) in [4.78, 5) is 12.2. The molecular formula is C21H19N3O2S. The summed E-state index contributed by atoms with van der Waals surface area (Å²) in [6.07, 6.45) is 0. The second kappa shape index (κ2) is 9.35. The summed E-state index contributed by atoms with van der Waals surface area (Å²) in [6, 6.07) is 26.3. The number of thiocarbonyl (C=S) groups is 1. The number of hydrogen-bond acceptors (Lipinski definition) is 4. The highest BCUT2D eigenvalue weighted by Crippen LogP contribution is 2.14.